The van der Waals surface area contributed by atoms with Crippen molar-refractivity contribution in [2.75, 3.05) is 25.0 Å². The van der Waals surface area contributed by atoms with Crippen molar-refractivity contribution in [2.24, 2.45) is 5.73 Å². The number of hydrogen-bond acceptors (Lipinski definition) is 5. The van der Waals surface area contributed by atoms with E-state index in [-0.39, 0.29) is 17.7 Å². The molecular formula is C33H42N4O2. The van der Waals surface area contributed by atoms with Crippen LogP contribution in [0.2, 0.25) is 0 Å². The third-order valence-electron chi connectivity index (χ3n) is 8.27. The van der Waals surface area contributed by atoms with E-state index in [4.69, 9.17) is 5.73 Å². The highest BCUT2D eigenvalue weighted by molar-refractivity contribution is 5.83. The molecule has 2 unspecified atom stereocenters. The Labute approximate surface area is 232 Å². The molecule has 2 atom stereocenters. The molecule has 1 amide bonds. The predicted molar refractivity (Wildman–Crippen MR) is 158 cm³/mol. The number of benzene rings is 3. The maximum atomic E-state index is 13.4. The number of piperidine rings is 1. The van der Waals surface area contributed by atoms with Crippen LogP contribution in [0.4, 0.5) is 5.69 Å². The minimum absolute atomic E-state index is 0.0855. The molecule has 6 nitrogen and oxygen atoms in total. The number of anilines is 1. The number of hydrogen-bond donors (Lipinski definition) is 4. The highest BCUT2D eigenvalue weighted by Gasteiger charge is 2.27. The number of aryl methyl sites for hydroxylation is 2. The van der Waals surface area contributed by atoms with Gasteiger partial charge in [0.05, 0.1) is 12.1 Å². The van der Waals surface area contributed by atoms with Gasteiger partial charge >= 0.3 is 0 Å². The summed E-state index contributed by atoms with van der Waals surface area (Å²) in [5.74, 6) is 0.107. The van der Waals surface area contributed by atoms with E-state index in [0.29, 0.717) is 6.42 Å². The van der Waals surface area contributed by atoms with Crippen LogP contribution in [0.1, 0.15) is 70.7 Å². The van der Waals surface area contributed by atoms with Crippen LogP contribution in [0.15, 0.2) is 54.6 Å². The maximum Gasteiger partial charge on any atom is 0.237 e. The van der Waals surface area contributed by atoms with Crippen LogP contribution < -0.4 is 16.4 Å². The van der Waals surface area contributed by atoms with Crippen molar-refractivity contribution < 1.29 is 9.90 Å². The Kier molecular flexibility index (Phi) is 8.53. The van der Waals surface area contributed by atoms with Crippen LogP contribution in [0.3, 0.4) is 0 Å². The van der Waals surface area contributed by atoms with Crippen LogP contribution in [0, 0.1) is 13.8 Å². The number of nitrogens with two attached hydrogens (primary N) is 1. The second kappa shape index (κ2) is 12.2. The molecular weight excluding hydrogens is 484 g/mol. The van der Waals surface area contributed by atoms with Crippen LogP contribution in [0.5, 0.6) is 5.75 Å². The second-order valence-electron chi connectivity index (χ2n) is 11.4. The van der Waals surface area contributed by atoms with E-state index in [9.17, 15) is 9.90 Å². The van der Waals surface area contributed by atoms with Gasteiger partial charge in [-0.1, -0.05) is 48.9 Å². The molecule has 2 heterocycles. The third-order valence-corrected chi connectivity index (χ3v) is 8.27. The fraction of sp³-hybridized carbons (Fsp3) is 0.424. The average Bonchev–Trinajstić information content (AvgIpc) is 2.92. The Morgan fingerprint density at radius 1 is 1.05 bits per heavy atom. The molecule has 3 aromatic carbocycles. The molecule has 0 radical (unpaired) electrons. The molecule has 1 saturated heterocycles. The van der Waals surface area contributed by atoms with Crippen LogP contribution >= 0.6 is 0 Å². The summed E-state index contributed by atoms with van der Waals surface area (Å²) in [5, 5.41) is 16.9. The van der Waals surface area contributed by atoms with Gasteiger partial charge in [-0.25, -0.2) is 0 Å². The van der Waals surface area contributed by atoms with Crippen LogP contribution in [0.25, 0.3) is 0 Å². The number of rotatable bonds is 8. The summed E-state index contributed by atoms with van der Waals surface area (Å²) in [6.45, 7) is 7.93. The number of carbonyl (C=O) groups excluding carboxylic acids is 1. The average molecular weight is 527 g/mol. The molecule has 0 spiro atoms. The van der Waals surface area contributed by atoms with Crippen molar-refractivity contribution in [1.29, 1.82) is 0 Å². The van der Waals surface area contributed by atoms with Gasteiger partial charge in [0, 0.05) is 18.8 Å². The standard InChI is InChI=1S/C33H42N4O2/c1-22-15-27(38)16-23(2)28(22)20-30(34)33(39)36-31-11-12-35-32-26(21-37-13-7-4-8-14-37)18-25(19-29(31)32)17-24-9-5-3-6-10-24/h3,5-6,9-10,15-16,18-19,30-31,35,38H,4,7-8,11-14,17,20-21,34H2,1-2H3,(H,36,39). The first-order chi connectivity index (χ1) is 18.9. The zero-order valence-corrected chi connectivity index (χ0v) is 23.3. The van der Waals surface area contributed by atoms with E-state index < -0.39 is 6.04 Å². The first-order valence-corrected chi connectivity index (χ1v) is 14.4. The summed E-state index contributed by atoms with van der Waals surface area (Å²) >= 11 is 0. The number of carbonyl (C=O) groups is 1. The first kappa shape index (κ1) is 27.2. The lowest BCUT2D eigenvalue weighted by Gasteiger charge is -2.33. The van der Waals surface area contributed by atoms with E-state index >= 15 is 0 Å². The van der Waals surface area contributed by atoms with Crippen molar-refractivity contribution in [3.05, 3.63) is 93.5 Å². The van der Waals surface area contributed by atoms with E-state index in [0.717, 1.165) is 55.7 Å². The predicted octanol–water partition coefficient (Wildman–Crippen LogP) is 5.13. The van der Waals surface area contributed by atoms with Crippen LogP contribution in [-0.2, 0) is 24.2 Å². The summed E-state index contributed by atoms with van der Waals surface area (Å²) in [5.41, 5.74) is 15.6. The molecule has 0 saturated carbocycles. The Morgan fingerprint density at radius 3 is 2.49 bits per heavy atom. The first-order valence-electron chi connectivity index (χ1n) is 14.4. The molecule has 0 aromatic heterocycles. The van der Waals surface area contributed by atoms with E-state index in [1.165, 1.54) is 47.2 Å². The summed E-state index contributed by atoms with van der Waals surface area (Å²) in [6.07, 6.45) is 5.96. The van der Waals surface area contributed by atoms with Gasteiger partial charge < -0.3 is 21.5 Å². The lowest BCUT2D eigenvalue weighted by Crippen LogP contribution is -2.45. The van der Waals surface area contributed by atoms with Gasteiger partial charge in [-0.15, -0.1) is 0 Å². The Balaban J connectivity index is 1.39. The van der Waals surface area contributed by atoms with Gasteiger partial charge in [0.25, 0.3) is 0 Å². The SMILES string of the molecule is Cc1cc(O)cc(C)c1CC(N)C(=O)NC1CCNc2c(CN3CCCCC3)cc(Cc3ccccc3)cc21. The molecule has 2 aliphatic heterocycles. The normalized spacial score (nSPS) is 18.2. The number of amides is 1. The molecule has 5 rings (SSSR count). The van der Waals surface area contributed by atoms with Crippen molar-refractivity contribution in [3.63, 3.8) is 0 Å². The van der Waals surface area contributed by atoms with Crippen LogP contribution in [-0.4, -0.2) is 41.6 Å². The highest BCUT2D eigenvalue weighted by Crippen LogP contribution is 2.36. The molecule has 0 aliphatic carbocycles. The number of nitrogens with zero attached hydrogens (tertiary/aromatic N) is 1. The van der Waals surface area contributed by atoms with Gasteiger partial charge in [0.2, 0.25) is 5.91 Å². The molecule has 6 heteroatoms. The lowest BCUT2D eigenvalue weighted by molar-refractivity contribution is -0.123. The van der Waals surface area contributed by atoms with E-state index in [2.05, 4.69) is 58.0 Å². The quantitative estimate of drug-likeness (QED) is 0.327. The number of likely N-dealkylation sites (tertiary alicyclic amines) is 1. The van der Waals surface area contributed by atoms with Crippen molar-refractivity contribution in [2.45, 2.75) is 71.0 Å². The molecule has 3 aromatic rings. The minimum Gasteiger partial charge on any atom is -0.508 e. The zero-order valence-electron chi connectivity index (χ0n) is 23.3. The molecule has 2 aliphatic rings. The van der Waals surface area contributed by atoms with E-state index in [1.807, 2.05) is 13.8 Å². The topological polar surface area (TPSA) is 90.6 Å². The highest BCUT2D eigenvalue weighted by atomic mass is 16.3. The van der Waals surface area contributed by atoms with Gasteiger partial charge in [0.15, 0.2) is 0 Å². The van der Waals surface area contributed by atoms with Crippen molar-refractivity contribution >= 4 is 11.6 Å². The molecule has 206 valence electrons. The van der Waals surface area contributed by atoms with Gasteiger partial charge in [-0.2, -0.15) is 0 Å². The number of phenolic OH excluding ortho intramolecular Hbond substituents is 1. The number of phenols is 1. The summed E-state index contributed by atoms with van der Waals surface area (Å²) < 4.78 is 0. The Bertz CT molecular complexity index is 1280. The summed E-state index contributed by atoms with van der Waals surface area (Å²) in [6, 6.07) is 17.9. The number of aromatic hydroxyl groups is 1. The Morgan fingerprint density at radius 2 is 1.77 bits per heavy atom. The summed E-state index contributed by atoms with van der Waals surface area (Å²) in [4.78, 5) is 15.9. The number of fused-ring (bicyclic) bond motifs is 1. The Hall–Kier alpha value is -3.35. The monoisotopic (exact) mass is 526 g/mol. The fourth-order valence-corrected chi connectivity index (χ4v) is 6.23. The lowest BCUT2D eigenvalue weighted by atomic mass is 9.89. The summed E-state index contributed by atoms with van der Waals surface area (Å²) in [7, 11) is 0. The molecule has 5 N–H and O–H groups in total. The molecule has 0 bridgehead atoms. The van der Waals surface area contributed by atoms with Gasteiger partial charge in [0.1, 0.15) is 5.75 Å². The fourth-order valence-electron chi connectivity index (χ4n) is 6.23. The smallest absolute Gasteiger partial charge is 0.237 e. The minimum atomic E-state index is -0.661. The maximum absolute atomic E-state index is 13.4. The van der Waals surface area contributed by atoms with Gasteiger partial charge in [-0.05, 0) is 110 Å². The number of nitrogens with one attached hydrogen (secondary N) is 2. The van der Waals surface area contributed by atoms with Crippen molar-refractivity contribution in [3.8, 4) is 5.75 Å². The largest absolute Gasteiger partial charge is 0.508 e. The third kappa shape index (κ3) is 6.63. The van der Waals surface area contributed by atoms with Gasteiger partial charge in [-0.3, -0.25) is 9.69 Å². The zero-order chi connectivity index (χ0) is 27.4. The molecule has 39 heavy (non-hydrogen) atoms. The van der Waals surface area contributed by atoms with E-state index in [1.54, 1.807) is 12.1 Å². The van der Waals surface area contributed by atoms with Crippen molar-refractivity contribution in [1.82, 2.24) is 10.2 Å². The second-order valence-corrected chi connectivity index (χ2v) is 11.4. The molecule has 1 fully saturated rings.